The van der Waals surface area contributed by atoms with Gasteiger partial charge in [0.25, 0.3) is 0 Å². The van der Waals surface area contributed by atoms with Gasteiger partial charge in [-0.3, -0.25) is 0 Å². The van der Waals surface area contributed by atoms with Crippen molar-refractivity contribution in [2.45, 2.75) is 31.1 Å². The van der Waals surface area contributed by atoms with Gasteiger partial charge in [0.2, 0.25) is 0 Å². The van der Waals surface area contributed by atoms with Crippen molar-refractivity contribution in [2.24, 2.45) is 11.8 Å². The number of benzene rings is 2. The van der Waals surface area contributed by atoms with Crippen molar-refractivity contribution in [3.05, 3.63) is 113 Å². The first-order valence-corrected chi connectivity index (χ1v) is 11.7. The molecule has 1 heterocycles. The monoisotopic (exact) mass is 406 g/mol. The van der Waals surface area contributed by atoms with Crippen LogP contribution in [0.1, 0.15) is 42.4 Å². The Hall–Kier alpha value is -2.84. The Morgan fingerprint density at radius 3 is 2.61 bits per heavy atom. The van der Waals surface area contributed by atoms with E-state index >= 15 is 0 Å². The number of hydrazine groups is 1. The first-order valence-electron chi connectivity index (χ1n) is 11.7. The van der Waals surface area contributed by atoms with Crippen LogP contribution in [0.4, 0.5) is 0 Å². The molecule has 156 valence electrons. The number of hydrogen-bond donors (Lipinski definition) is 1. The molecule has 4 aliphatic rings. The summed E-state index contributed by atoms with van der Waals surface area (Å²) in [5.74, 6) is 0.901. The van der Waals surface area contributed by atoms with Gasteiger partial charge in [-0.05, 0) is 65.5 Å². The van der Waals surface area contributed by atoms with Crippen LogP contribution >= 0.6 is 0 Å². The van der Waals surface area contributed by atoms with E-state index in [1.54, 1.807) is 0 Å². The van der Waals surface area contributed by atoms with Crippen molar-refractivity contribution in [1.29, 1.82) is 0 Å². The van der Waals surface area contributed by atoms with Gasteiger partial charge < -0.3 is 5.01 Å². The van der Waals surface area contributed by atoms with Gasteiger partial charge in [-0.25, -0.2) is 5.43 Å². The van der Waals surface area contributed by atoms with Gasteiger partial charge in [-0.15, -0.1) is 0 Å². The zero-order chi connectivity index (χ0) is 20.8. The predicted molar refractivity (Wildman–Crippen MR) is 128 cm³/mol. The van der Waals surface area contributed by atoms with Crippen LogP contribution in [-0.2, 0) is 5.41 Å². The Balaban J connectivity index is 1.62. The van der Waals surface area contributed by atoms with Crippen LogP contribution in [-0.4, -0.2) is 18.6 Å². The van der Waals surface area contributed by atoms with Gasteiger partial charge in [0.15, 0.2) is 0 Å². The average molecular weight is 407 g/mol. The number of nitrogens with one attached hydrogen (secondary N) is 1. The van der Waals surface area contributed by atoms with E-state index in [2.05, 4.69) is 102 Å². The minimum Gasteiger partial charge on any atom is -0.315 e. The summed E-state index contributed by atoms with van der Waals surface area (Å²) in [5, 5.41) is 2.22. The Kier molecular flexibility index (Phi) is 4.50. The van der Waals surface area contributed by atoms with E-state index in [1.807, 2.05) is 0 Å². The van der Waals surface area contributed by atoms with Crippen molar-refractivity contribution < 1.29 is 0 Å². The van der Waals surface area contributed by atoms with Crippen molar-refractivity contribution in [3.63, 3.8) is 0 Å². The van der Waals surface area contributed by atoms with Gasteiger partial charge in [0, 0.05) is 25.2 Å². The van der Waals surface area contributed by atoms with E-state index in [0.717, 1.165) is 13.0 Å². The molecule has 0 fully saturated rings. The van der Waals surface area contributed by atoms with Crippen molar-refractivity contribution in [1.82, 2.24) is 10.4 Å². The molecule has 3 aliphatic carbocycles. The predicted octanol–water partition coefficient (Wildman–Crippen LogP) is 6.01. The third-order valence-corrected chi connectivity index (χ3v) is 7.75. The van der Waals surface area contributed by atoms with Crippen LogP contribution in [0.2, 0.25) is 0 Å². The summed E-state index contributed by atoms with van der Waals surface area (Å²) in [6.45, 7) is 0.928. The third-order valence-electron chi connectivity index (χ3n) is 7.75. The highest BCUT2D eigenvalue weighted by Crippen LogP contribution is 2.60. The molecule has 3 atom stereocenters. The summed E-state index contributed by atoms with van der Waals surface area (Å²) in [6.07, 6.45) is 17.2. The van der Waals surface area contributed by atoms with Crippen LogP contribution in [0.3, 0.4) is 0 Å². The highest BCUT2D eigenvalue weighted by molar-refractivity contribution is 5.93. The highest BCUT2D eigenvalue weighted by atomic mass is 15.5. The van der Waals surface area contributed by atoms with Crippen molar-refractivity contribution in [2.75, 3.05) is 13.6 Å². The smallest absolute Gasteiger partial charge is 0.0522 e. The summed E-state index contributed by atoms with van der Waals surface area (Å²) in [4.78, 5) is 0. The van der Waals surface area contributed by atoms with E-state index in [4.69, 9.17) is 0 Å². The Labute approximate surface area is 185 Å². The molecule has 0 saturated carbocycles. The van der Waals surface area contributed by atoms with Crippen LogP contribution in [0, 0.1) is 11.8 Å². The van der Waals surface area contributed by atoms with Gasteiger partial charge in [0.1, 0.15) is 0 Å². The lowest BCUT2D eigenvalue weighted by molar-refractivity contribution is 0.317. The molecule has 0 saturated heterocycles. The second-order valence-electron chi connectivity index (χ2n) is 9.28. The van der Waals surface area contributed by atoms with E-state index in [-0.39, 0.29) is 5.41 Å². The summed E-state index contributed by atoms with van der Waals surface area (Å²) in [6, 6.07) is 20.5. The first kappa shape index (κ1) is 18.9. The first-order chi connectivity index (χ1) is 15.3. The summed E-state index contributed by atoms with van der Waals surface area (Å²) in [7, 11) is 2.15. The molecular formula is C29H30N2. The number of hydrogen-bond acceptors (Lipinski definition) is 2. The summed E-state index contributed by atoms with van der Waals surface area (Å²) < 4.78 is 0. The SMILES string of the molecule is CN1NCC=C1C1C=C2C(=CC1)c1ccccc1C2(c1ccccc1)C1C=CCCC1. The number of fused-ring (bicyclic) bond motifs is 3. The number of allylic oxidation sites excluding steroid dienone is 6. The largest absolute Gasteiger partial charge is 0.315 e. The Morgan fingerprint density at radius 2 is 1.84 bits per heavy atom. The number of rotatable bonds is 3. The maximum atomic E-state index is 3.44. The van der Waals surface area contributed by atoms with Crippen LogP contribution in [0.25, 0.3) is 5.57 Å². The Morgan fingerprint density at radius 1 is 1.00 bits per heavy atom. The van der Waals surface area contributed by atoms with Crippen LogP contribution < -0.4 is 5.43 Å². The minimum absolute atomic E-state index is 0.107. The van der Waals surface area contributed by atoms with Crippen molar-refractivity contribution in [3.8, 4) is 0 Å². The molecule has 2 aromatic carbocycles. The van der Waals surface area contributed by atoms with Gasteiger partial charge in [0.05, 0.1) is 5.41 Å². The molecule has 2 nitrogen and oxygen atoms in total. The molecule has 0 bridgehead atoms. The zero-order valence-electron chi connectivity index (χ0n) is 18.2. The highest BCUT2D eigenvalue weighted by Gasteiger charge is 2.51. The van der Waals surface area contributed by atoms with Gasteiger partial charge in [-0.1, -0.05) is 78.9 Å². The average Bonchev–Trinajstić information content (AvgIpc) is 3.39. The molecule has 0 spiro atoms. The van der Waals surface area contributed by atoms with Crippen LogP contribution in [0.5, 0.6) is 0 Å². The lowest BCUT2D eigenvalue weighted by Crippen LogP contribution is -2.37. The quantitative estimate of drug-likeness (QED) is 0.628. The maximum Gasteiger partial charge on any atom is 0.0522 e. The van der Waals surface area contributed by atoms with Crippen molar-refractivity contribution >= 4 is 5.57 Å². The fourth-order valence-electron chi connectivity index (χ4n) is 6.44. The molecule has 2 aromatic rings. The van der Waals surface area contributed by atoms with E-state index < -0.39 is 0 Å². The molecular weight excluding hydrogens is 376 g/mol. The molecule has 31 heavy (non-hydrogen) atoms. The Bertz CT molecular complexity index is 1120. The molecule has 1 aliphatic heterocycles. The molecule has 0 radical (unpaired) electrons. The summed E-state index contributed by atoms with van der Waals surface area (Å²) >= 11 is 0. The molecule has 0 amide bonds. The second-order valence-corrected chi connectivity index (χ2v) is 9.28. The van der Waals surface area contributed by atoms with Gasteiger partial charge in [-0.2, -0.15) is 0 Å². The van der Waals surface area contributed by atoms with Gasteiger partial charge >= 0.3 is 0 Å². The lowest BCUT2D eigenvalue weighted by atomic mass is 9.60. The van der Waals surface area contributed by atoms with E-state index in [1.165, 1.54) is 52.8 Å². The molecule has 3 unspecified atom stereocenters. The van der Waals surface area contributed by atoms with Crippen LogP contribution in [0.15, 0.2) is 96.2 Å². The summed E-state index contributed by atoms with van der Waals surface area (Å²) in [5.41, 5.74) is 12.1. The maximum absolute atomic E-state index is 3.44. The number of nitrogens with zero attached hydrogens (tertiary/aromatic N) is 1. The van der Waals surface area contributed by atoms with E-state index in [0.29, 0.717) is 11.8 Å². The lowest BCUT2D eigenvalue weighted by Gasteiger charge is -2.42. The molecule has 1 N–H and O–H groups in total. The minimum atomic E-state index is -0.107. The fraction of sp³-hybridized carbons (Fsp3) is 0.310. The normalized spacial score (nSPS) is 29.2. The topological polar surface area (TPSA) is 15.3 Å². The second kappa shape index (κ2) is 7.39. The molecule has 6 rings (SSSR count). The van der Waals surface area contributed by atoms with E-state index in [9.17, 15) is 0 Å². The third kappa shape index (κ3) is 2.74. The zero-order valence-corrected chi connectivity index (χ0v) is 18.2. The molecule has 2 heteroatoms. The standard InChI is InChI=1S/C29H30N2/c1-31-28(18-19-30-31)21-16-17-25-24-14-8-9-15-26(24)29(27(25)20-21,22-10-4-2-5-11-22)23-12-6-3-7-13-23/h2,4-6,8-12,14-15,17-18,20-21,23,30H,3,7,13,16,19H2,1H3. The fourth-order valence-corrected chi connectivity index (χ4v) is 6.44. The molecule has 0 aromatic heterocycles.